The zero-order valence-electron chi connectivity index (χ0n) is 11.9. The molecule has 4 N–H and O–H groups in total. The molecule has 0 aliphatic rings. The Morgan fingerprint density at radius 3 is 2.90 bits per heavy atom. The maximum Gasteiger partial charge on any atom is 0.173 e. The van der Waals surface area contributed by atoms with Crippen LogP contribution in [0.1, 0.15) is 30.9 Å². The fraction of sp³-hybridized carbons (Fsp3) is 0.500. The average molecular weight is 283 g/mol. The predicted octanol–water partition coefficient (Wildman–Crippen LogP) is 1.82. The van der Waals surface area contributed by atoms with Crippen LogP contribution in [-0.4, -0.2) is 30.8 Å². The molecule has 20 heavy (non-hydrogen) atoms. The van der Waals surface area contributed by atoms with E-state index in [4.69, 9.17) is 15.7 Å². The van der Waals surface area contributed by atoms with Gasteiger partial charge in [-0.2, -0.15) is 0 Å². The lowest BCUT2D eigenvalue weighted by Gasteiger charge is -2.17. The van der Waals surface area contributed by atoms with Gasteiger partial charge in [-0.3, -0.25) is 0 Å². The van der Waals surface area contributed by atoms with E-state index in [1.807, 2.05) is 0 Å². The van der Waals surface area contributed by atoms with Crippen LogP contribution in [0.4, 0.5) is 4.39 Å². The number of oxime groups is 1. The van der Waals surface area contributed by atoms with Crippen LogP contribution < -0.4 is 11.1 Å². The molecule has 0 saturated carbocycles. The topological polar surface area (TPSA) is 79.9 Å². The number of nitrogens with zero attached hydrogens (tertiary/aromatic N) is 1. The first kappa shape index (κ1) is 16.4. The highest BCUT2D eigenvalue weighted by Crippen LogP contribution is 2.13. The summed E-state index contributed by atoms with van der Waals surface area (Å²) in [6.07, 6.45) is 1.98. The monoisotopic (exact) mass is 283 g/mol. The zero-order chi connectivity index (χ0) is 15.0. The van der Waals surface area contributed by atoms with Crippen molar-refractivity contribution < 1.29 is 14.3 Å². The molecule has 0 radical (unpaired) electrons. The van der Waals surface area contributed by atoms with Gasteiger partial charge in [0.2, 0.25) is 0 Å². The summed E-state index contributed by atoms with van der Waals surface area (Å²) in [5, 5.41) is 14.7. The van der Waals surface area contributed by atoms with Crippen LogP contribution in [0, 0.1) is 5.82 Å². The van der Waals surface area contributed by atoms with Crippen molar-refractivity contribution in [3.05, 3.63) is 35.1 Å². The molecule has 0 amide bonds. The maximum absolute atomic E-state index is 14.2. The van der Waals surface area contributed by atoms with Gasteiger partial charge in [-0.05, 0) is 12.5 Å². The molecule has 1 rings (SSSR count). The van der Waals surface area contributed by atoms with E-state index in [9.17, 15) is 4.39 Å². The Morgan fingerprint density at radius 1 is 1.55 bits per heavy atom. The molecule has 1 aromatic rings. The average Bonchev–Trinajstić information content (AvgIpc) is 2.45. The molecule has 5 nitrogen and oxygen atoms in total. The Balaban J connectivity index is 2.77. The van der Waals surface area contributed by atoms with Gasteiger partial charge in [0.05, 0.1) is 12.2 Å². The van der Waals surface area contributed by atoms with E-state index in [2.05, 4.69) is 17.4 Å². The molecule has 0 aliphatic heterocycles. The predicted molar refractivity (Wildman–Crippen MR) is 76.3 cm³/mol. The minimum atomic E-state index is -0.469. The Morgan fingerprint density at radius 2 is 2.30 bits per heavy atom. The summed E-state index contributed by atoms with van der Waals surface area (Å²) in [7, 11) is 1.64. The number of rotatable bonds is 8. The number of hydrogen-bond acceptors (Lipinski definition) is 4. The van der Waals surface area contributed by atoms with Crippen LogP contribution in [0.5, 0.6) is 0 Å². The zero-order valence-corrected chi connectivity index (χ0v) is 11.9. The smallest absolute Gasteiger partial charge is 0.173 e. The third kappa shape index (κ3) is 4.47. The largest absolute Gasteiger partial charge is 0.409 e. The van der Waals surface area contributed by atoms with Gasteiger partial charge in [-0.1, -0.05) is 30.6 Å². The second-order valence-corrected chi connectivity index (χ2v) is 4.59. The molecule has 6 heteroatoms. The van der Waals surface area contributed by atoms with Crippen LogP contribution in [0.15, 0.2) is 23.4 Å². The molecule has 0 bridgehead atoms. The minimum absolute atomic E-state index is 0.102. The third-order valence-corrected chi connectivity index (χ3v) is 3.05. The first-order valence-electron chi connectivity index (χ1n) is 6.61. The van der Waals surface area contributed by atoms with Crippen LogP contribution >= 0.6 is 0 Å². The van der Waals surface area contributed by atoms with Crippen molar-refractivity contribution in [2.45, 2.75) is 32.4 Å². The van der Waals surface area contributed by atoms with Crippen molar-refractivity contribution >= 4 is 5.84 Å². The van der Waals surface area contributed by atoms with E-state index >= 15 is 0 Å². The van der Waals surface area contributed by atoms with E-state index in [0.29, 0.717) is 18.7 Å². The third-order valence-electron chi connectivity index (χ3n) is 3.05. The van der Waals surface area contributed by atoms with Gasteiger partial charge in [0.1, 0.15) is 5.82 Å². The second-order valence-electron chi connectivity index (χ2n) is 4.59. The van der Waals surface area contributed by atoms with Crippen LogP contribution in [-0.2, 0) is 11.3 Å². The first-order valence-corrected chi connectivity index (χ1v) is 6.61. The summed E-state index contributed by atoms with van der Waals surface area (Å²) in [4.78, 5) is 0. The van der Waals surface area contributed by atoms with Gasteiger partial charge in [-0.15, -0.1) is 0 Å². The Bertz CT molecular complexity index is 446. The van der Waals surface area contributed by atoms with E-state index in [1.54, 1.807) is 19.2 Å². The summed E-state index contributed by atoms with van der Waals surface area (Å²) in [6, 6.07) is 5.01. The Hall–Kier alpha value is -1.66. The Kier molecular flexibility index (Phi) is 6.97. The van der Waals surface area contributed by atoms with E-state index in [1.165, 1.54) is 6.07 Å². The Labute approximate surface area is 118 Å². The number of nitrogens with one attached hydrogen (secondary N) is 1. The lowest BCUT2D eigenvalue weighted by molar-refractivity contribution is 0.161. The highest BCUT2D eigenvalue weighted by Gasteiger charge is 2.13. The molecule has 1 aromatic carbocycles. The molecular weight excluding hydrogens is 261 g/mol. The molecule has 0 fully saturated rings. The van der Waals surface area contributed by atoms with Gasteiger partial charge < -0.3 is 21.0 Å². The maximum atomic E-state index is 14.2. The van der Waals surface area contributed by atoms with Crippen molar-refractivity contribution in [1.82, 2.24) is 5.32 Å². The highest BCUT2D eigenvalue weighted by molar-refractivity contribution is 5.97. The normalized spacial score (nSPS) is 13.4. The van der Waals surface area contributed by atoms with Crippen molar-refractivity contribution in [3.8, 4) is 0 Å². The standard InChI is InChI=1S/C14H22FN3O2/c1-3-5-11(9-20-2)17-8-10-6-4-7-12(13(10)15)14(16)18-19/h4,6-7,11,17,19H,3,5,8-9H2,1-2H3,(H2,16,18). The highest BCUT2D eigenvalue weighted by atomic mass is 19.1. The van der Waals surface area contributed by atoms with Crippen molar-refractivity contribution in [1.29, 1.82) is 0 Å². The minimum Gasteiger partial charge on any atom is -0.409 e. The summed E-state index contributed by atoms with van der Waals surface area (Å²) < 4.78 is 19.3. The number of hydrogen-bond donors (Lipinski definition) is 3. The van der Waals surface area contributed by atoms with Crippen LogP contribution in [0.3, 0.4) is 0 Å². The number of halogens is 1. The summed E-state index contributed by atoms with van der Waals surface area (Å²) in [5.74, 6) is -0.700. The fourth-order valence-electron chi connectivity index (χ4n) is 2.02. The van der Waals surface area contributed by atoms with Crippen molar-refractivity contribution in [2.75, 3.05) is 13.7 Å². The van der Waals surface area contributed by atoms with Crippen molar-refractivity contribution in [3.63, 3.8) is 0 Å². The molecule has 112 valence electrons. The molecule has 0 heterocycles. The number of benzene rings is 1. The van der Waals surface area contributed by atoms with Gasteiger partial charge in [0.25, 0.3) is 0 Å². The molecule has 0 aliphatic carbocycles. The molecule has 1 atom stereocenters. The molecule has 0 saturated heterocycles. The van der Waals surface area contributed by atoms with Crippen molar-refractivity contribution in [2.24, 2.45) is 10.9 Å². The lowest BCUT2D eigenvalue weighted by Crippen LogP contribution is -2.33. The van der Waals surface area contributed by atoms with E-state index in [-0.39, 0.29) is 17.4 Å². The number of amidine groups is 1. The summed E-state index contributed by atoms with van der Waals surface area (Å²) >= 11 is 0. The quantitative estimate of drug-likeness (QED) is 0.294. The van der Waals surface area contributed by atoms with Gasteiger partial charge in [0.15, 0.2) is 5.84 Å². The SMILES string of the molecule is CCCC(COC)NCc1cccc(/C(N)=N/O)c1F. The van der Waals surface area contributed by atoms with Gasteiger partial charge >= 0.3 is 0 Å². The van der Waals surface area contributed by atoms with E-state index in [0.717, 1.165) is 12.8 Å². The first-order chi connectivity index (χ1) is 9.63. The summed E-state index contributed by atoms with van der Waals surface area (Å²) in [6.45, 7) is 3.03. The van der Waals surface area contributed by atoms with E-state index < -0.39 is 5.82 Å². The lowest BCUT2D eigenvalue weighted by atomic mass is 10.1. The van der Waals surface area contributed by atoms with Crippen LogP contribution in [0.25, 0.3) is 0 Å². The number of ether oxygens (including phenoxy) is 1. The fourth-order valence-corrected chi connectivity index (χ4v) is 2.02. The number of nitrogens with two attached hydrogens (primary N) is 1. The van der Waals surface area contributed by atoms with Gasteiger partial charge in [0, 0.05) is 25.3 Å². The molecule has 0 aromatic heterocycles. The second kappa shape index (κ2) is 8.50. The van der Waals surface area contributed by atoms with Crippen LogP contribution in [0.2, 0.25) is 0 Å². The van der Waals surface area contributed by atoms with Gasteiger partial charge in [-0.25, -0.2) is 4.39 Å². The summed E-state index contributed by atoms with van der Waals surface area (Å²) in [5.41, 5.74) is 6.02. The molecular formula is C14H22FN3O2. The molecule has 1 unspecified atom stereocenters. The molecule has 0 spiro atoms. The number of methoxy groups -OCH3 is 1.